The normalized spacial score (nSPS) is 16.3. The lowest BCUT2D eigenvalue weighted by Gasteiger charge is -2.35. The first-order valence-corrected chi connectivity index (χ1v) is 16.4. The number of carbonyl (C=O) groups is 1. The van der Waals surface area contributed by atoms with Crippen molar-refractivity contribution in [3.8, 4) is 0 Å². The maximum Gasteiger partial charge on any atom is 0.265 e. The summed E-state index contributed by atoms with van der Waals surface area (Å²) in [6.07, 6.45) is 0.597. The second-order valence-corrected chi connectivity index (χ2v) is 14.5. The fourth-order valence-corrected chi connectivity index (χ4v) is 9.53. The Labute approximate surface area is 241 Å². The molecule has 1 saturated heterocycles. The molecule has 0 bridgehead atoms. The Hall–Kier alpha value is -2.92. The fourth-order valence-electron chi connectivity index (χ4n) is 5.52. The van der Waals surface area contributed by atoms with Crippen LogP contribution in [0.25, 0.3) is 0 Å². The molecule has 1 amide bonds. The Balaban J connectivity index is 1.36. The number of para-hydroxylation sites is 1. The summed E-state index contributed by atoms with van der Waals surface area (Å²) in [5.41, 5.74) is 5.04. The molecule has 212 valence electrons. The minimum absolute atomic E-state index is 0.0380. The summed E-state index contributed by atoms with van der Waals surface area (Å²) in [6, 6.07) is 13.6. The molecule has 0 unspecified atom stereocenters. The van der Waals surface area contributed by atoms with E-state index in [-0.39, 0.29) is 47.6 Å². The van der Waals surface area contributed by atoms with Crippen LogP contribution in [0.1, 0.15) is 38.2 Å². The molecular weight excluding hydrogens is 570 g/mol. The zero-order valence-corrected chi connectivity index (χ0v) is 25.3. The summed E-state index contributed by atoms with van der Waals surface area (Å²) < 4.78 is 57.2. The number of aryl methyl sites for hydroxylation is 2. The third-order valence-electron chi connectivity index (χ3n) is 8.01. The summed E-state index contributed by atoms with van der Waals surface area (Å²) in [4.78, 5) is 15.2. The lowest BCUT2D eigenvalue weighted by molar-refractivity contribution is 0.0697. The van der Waals surface area contributed by atoms with Gasteiger partial charge in [0, 0.05) is 38.3 Å². The van der Waals surface area contributed by atoms with E-state index < -0.39 is 20.0 Å². The number of piperazine rings is 1. The molecule has 0 N–H and O–H groups in total. The van der Waals surface area contributed by atoms with E-state index in [1.54, 1.807) is 17.0 Å². The third kappa shape index (κ3) is 4.81. The van der Waals surface area contributed by atoms with Gasteiger partial charge in [-0.1, -0.05) is 35.9 Å². The summed E-state index contributed by atoms with van der Waals surface area (Å²) in [6.45, 7) is 8.40. The number of carbonyl (C=O) groups excluding carboxylic acids is 1. The molecule has 2 heterocycles. The van der Waals surface area contributed by atoms with Gasteiger partial charge in [0.1, 0.15) is 4.90 Å². The second-order valence-electron chi connectivity index (χ2n) is 10.4. The first-order chi connectivity index (χ1) is 18.8. The van der Waals surface area contributed by atoms with Crippen LogP contribution in [0.4, 0.5) is 5.69 Å². The number of anilines is 1. The van der Waals surface area contributed by atoms with E-state index in [1.165, 1.54) is 26.8 Å². The van der Waals surface area contributed by atoms with Gasteiger partial charge in [-0.15, -0.1) is 0 Å². The Bertz CT molecular complexity index is 1700. The molecule has 5 rings (SSSR count). The predicted molar refractivity (Wildman–Crippen MR) is 156 cm³/mol. The van der Waals surface area contributed by atoms with E-state index >= 15 is 0 Å². The van der Waals surface area contributed by atoms with Crippen molar-refractivity contribution < 1.29 is 21.6 Å². The van der Waals surface area contributed by atoms with Crippen LogP contribution in [0.15, 0.2) is 58.3 Å². The van der Waals surface area contributed by atoms with Crippen LogP contribution in [0.5, 0.6) is 0 Å². The Kier molecular flexibility index (Phi) is 7.50. The summed E-state index contributed by atoms with van der Waals surface area (Å²) in [7, 11) is -7.76. The molecule has 0 atom stereocenters. The summed E-state index contributed by atoms with van der Waals surface area (Å²) in [5, 5.41) is 0.0380. The molecule has 2 aliphatic heterocycles. The van der Waals surface area contributed by atoms with Gasteiger partial charge in [0.05, 0.1) is 15.6 Å². The largest absolute Gasteiger partial charge is 0.336 e. The minimum atomic E-state index is -4.00. The molecule has 0 radical (unpaired) electrons. The average Bonchev–Trinajstić information content (AvgIpc) is 3.37. The number of halogens is 1. The molecule has 1 fully saturated rings. The molecule has 8 nitrogen and oxygen atoms in total. The molecule has 0 saturated carbocycles. The Morgan fingerprint density at radius 2 is 1.40 bits per heavy atom. The van der Waals surface area contributed by atoms with Gasteiger partial charge in [-0.25, -0.2) is 16.8 Å². The molecular formula is C29H32ClN3O5S2. The van der Waals surface area contributed by atoms with Gasteiger partial charge in [-0.3, -0.25) is 9.10 Å². The van der Waals surface area contributed by atoms with Crippen LogP contribution in [-0.4, -0.2) is 64.7 Å². The van der Waals surface area contributed by atoms with E-state index in [2.05, 4.69) is 0 Å². The van der Waals surface area contributed by atoms with Crippen LogP contribution in [0.2, 0.25) is 5.02 Å². The second kappa shape index (κ2) is 10.5. The van der Waals surface area contributed by atoms with Gasteiger partial charge in [0.25, 0.3) is 15.9 Å². The van der Waals surface area contributed by atoms with Gasteiger partial charge in [-0.05, 0) is 86.2 Å². The van der Waals surface area contributed by atoms with Crippen molar-refractivity contribution in [1.29, 1.82) is 0 Å². The molecule has 0 aliphatic carbocycles. The first kappa shape index (κ1) is 28.6. The van der Waals surface area contributed by atoms with Crippen molar-refractivity contribution in [2.45, 2.75) is 43.9 Å². The molecule has 3 aromatic carbocycles. The molecule has 0 aromatic heterocycles. The number of amides is 1. The van der Waals surface area contributed by atoms with Crippen molar-refractivity contribution >= 4 is 43.2 Å². The molecule has 3 aromatic rings. The zero-order chi connectivity index (χ0) is 29.0. The Morgan fingerprint density at radius 1 is 0.775 bits per heavy atom. The van der Waals surface area contributed by atoms with Crippen molar-refractivity contribution in [2.24, 2.45) is 0 Å². The summed E-state index contributed by atoms with van der Waals surface area (Å²) in [5.74, 6) is -0.370. The van der Waals surface area contributed by atoms with Gasteiger partial charge < -0.3 is 4.90 Å². The average molecular weight is 602 g/mol. The van der Waals surface area contributed by atoms with Gasteiger partial charge in [0.2, 0.25) is 10.0 Å². The van der Waals surface area contributed by atoms with Gasteiger partial charge in [0.15, 0.2) is 0 Å². The topological polar surface area (TPSA) is 95.1 Å². The minimum Gasteiger partial charge on any atom is -0.336 e. The third-order valence-corrected chi connectivity index (χ3v) is 12.5. The zero-order valence-electron chi connectivity index (χ0n) is 22.9. The number of rotatable bonds is 5. The Morgan fingerprint density at radius 3 is 2.05 bits per heavy atom. The van der Waals surface area contributed by atoms with E-state index in [1.807, 2.05) is 45.9 Å². The van der Waals surface area contributed by atoms with Crippen LogP contribution in [0, 0.1) is 27.7 Å². The maximum atomic E-state index is 13.6. The monoisotopic (exact) mass is 601 g/mol. The quantitative estimate of drug-likeness (QED) is 0.430. The highest BCUT2D eigenvalue weighted by Gasteiger charge is 2.35. The van der Waals surface area contributed by atoms with Crippen LogP contribution < -0.4 is 4.31 Å². The SMILES string of the molecule is Cc1cc(C)c(C)c(S(=O)(=O)N2CCN(C(=O)c3ccc(Cl)c(S(=O)(=O)N4CCc5ccccc54)c3)CC2)c1C. The highest BCUT2D eigenvalue weighted by Crippen LogP contribution is 2.35. The number of fused-ring (bicyclic) bond motifs is 1. The van der Waals surface area contributed by atoms with Crippen molar-refractivity contribution in [3.63, 3.8) is 0 Å². The summed E-state index contributed by atoms with van der Waals surface area (Å²) >= 11 is 6.35. The van der Waals surface area contributed by atoms with Crippen molar-refractivity contribution in [1.82, 2.24) is 9.21 Å². The smallest absolute Gasteiger partial charge is 0.265 e. The van der Waals surface area contributed by atoms with Crippen LogP contribution >= 0.6 is 11.6 Å². The first-order valence-electron chi connectivity index (χ1n) is 13.1. The molecule has 0 spiro atoms. The maximum absolute atomic E-state index is 13.6. The number of nitrogens with zero attached hydrogens (tertiary/aromatic N) is 3. The van der Waals surface area contributed by atoms with E-state index in [4.69, 9.17) is 11.6 Å². The fraction of sp³-hybridized carbons (Fsp3) is 0.345. The van der Waals surface area contributed by atoms with E-state index in [0.29, 0.717) is 23.5 Å². The highest BCUT2D eigenvalue weighted by molar-refractivity contribution is 7.93. The van der Waals surface area contributed by atoms with E-state index in [9.17, 15) is 21.6 Å². The van der Waals surface area contributed by atoms with Crippen LogP contribution in [-0.2, 0) is 26.5 Å². The van der Waals surface area contributed by atoms with Crippen molar-refractivity contribution in [2.75, 3.05) is 37.0 Å². The lowest BCUT2D eigenvalue weighted by atomic mass is 10.0. The molecule has 40 heavy (non-hydrogen) atoms. The molecule has 2 aliphatic rings. The number of hydrogen-bond acceptors (Lipinski definition) is 5. The lowest BCUT2D eigenvalue weighted by Crippen LogP contribution is -2.50. The highest BCUT2D eigenvalue weighted by atomic mass is 35.5. The predicted octanol–water partition coefficient (Wildman–Crippen LogP) is 4.47. The number of sulfonamides is 2. The van der Waals surface area contributed by atoms with Crippen molar-refractivity contribution in [3.05, 3.63) is 86.9 Å². The number of hydrogen-bond donors (Lipinski definition) is 0. The van der Waals surface area contributed by atoms with E-state index in [0.717, 1.165) is 27.8 Å². The van der Waals surface area contributed by atoms with Crippen LogP contribution in [0.3, 0.4) is 0 Å². The number of benzene rings is 3. The molecule has 11 heteroatoms. The van der Waals surface area contributed by atoms with Gasteiger partial charge >= 0.3 is 0 Å². The standard InChI is InChI=1S/C29H32ClN3O5S2/c1-19-17-20(2)22(4)28(21(19)3)40(37,38)32-15-13-31(14-16-32)29(34)24-9-10-25(30)27(18-24)39(35,36)33-12-11-23-7-5-6-8-26(23)33/h5-10,17-18H,11-16H2,1-4H3. The van der Waals surface area contributed by atoms with Gasteiger partial charge in [-0.2, -0.15) is 4.31 Å².